The third-order valence-electron chi connectivity index (χ3n) is 4.74. The molecule has 0 atom stereocenters. The van der Waals surface area contributed by atoms with Crippen molar-refractivity contribution in [2.75, 3.05) is 18.8 Å². The van der Waals surface area contributed by atoms with Gasteiger partial charge in [0.2, 0.25) is 0 Å². The average molecular weight is 354 g/mol. The Morgan fingerprint density at radius 1 is 1.15 bits per heavy atom. The molecule has 3 N–H and O–H groups in total. The van der Waals surface area contributed by atoms with E-state index in [1.165, 1.54) is 0 Å². The number of alkyl halides is 2. The predicted octanol–water partition coefficient (Wildman–Crippen LogP) is 2.91. The van der Waals surface area contributed by atoms with Gasteiger partial charge in [-0.15, -0.1) is 0 Å². The van der Waals surface area contributed by atoms with E-state index in [0.717, 1.165) is 33.4 Å². The minimum atomic E-state index is -2.56. The smallest absolute Gasteiger partial charge is 0.272 e. The number of nitrogen functional groups attached to an aromatic ring is 1. The highest BCUT2D eigenvalue weighted by molar-refractivity contribution is 5.87. The number of aromatic nitrogens is 4. The maximum Gasteiger partial charge on any atom is 0.272 e. The van der Waals surface area contributed by atoms with Gasteiger partial charge in [0.15, 0.2) is 0 Å². The van der Waals surface area contributed by atoms with Crippen molar-refractivity contribution in [1.82, 2.24) is 24.5 Å². The van der Waals surface area contributed by atoms with Crippen LogP contribution in [0, 0.1) is 0 Å². The number of nitrogens with one attached hydrogen (secondary N) is 1. The van der Waals surface area contributed by atoms with E-state index in [2.05, 4.69) is 15.2 Å². The molecule has 0 radical (unpaired) electrons. The van der Waals surface area contributed by atoms with Crippen LogP contribution in [0.4, 0.5) is 14.6 Å². The molecule has 1 aliphatic heterocycles. The van der Waals surface area contributed by atoms with Crippen molar-refractivity contribution in [3.63, 3.8) is 0 Å². The lowest BCUT2D eigenvalue weighted by molar-refractivity contribution is -0.133. The third kappa shape index (κ3) is 2.41. The molecule has 0 bridgehead atoms. The molecule has 0 saturated carbocycles. The minimum Gasteiger partial charge on any atom is -0.382 e. The van der Waals surface area contributed by atoms with Crippen LogP contribution in [0.5, 0.6) is 0 Å². The maximum atomic E-state index is 13.0. The molecule has 0 amide bonds. The van der Waals surface area contributed by atoms with Crippen LogP contribution in [-0.2, 0) is 6.54 Å². The molecule has 6 nitrogen and oxygen atoms in total. The van der Waals surface area contributed by atoms with Crippen molar-refractivity contribution in [1.29, 1.82) is 0 Å². The Hall–Kier alpha value is -3.00. The Morgan fingerprint density at radius 2 is 2.00 bits per heavy atom. The van der Waals surface area contributed by atoms with Gasteiger partial charge < -0.3 is 10.1 Å². The summed E-state index contributed by atoms with van der Waals surface area (Å²) in [6.07, 6.45) is 3.64. The number of anilines is 1. The van der Waals surface area contributed by atoms with Gasteiger partial charge in [-0.3, -0.25) is 10.00 Å². The Bertz CT molecular complexity index is 1110. The number of fused-ring (bicyclic) bond motifs is 3. The molecule has 132 valence electrons. The van der Waals surface area contributed by atoms with Gasteiger partial charge in [0, 0.05) is 24.5 Å². The lowest BCUT2D eigenvalue weighted by Gasteiger charge is -2.38. The van der Waals surface area contributed by atoms with Crippen LogP contribution in [0.2, 0.25) is 0 Å². The number of aromatic amines is 1. The molecule has 1 saturated heterocycles. The van der Waals surface area contributed by atoms with Crippen molar-refractivity contribution < 1.29 is 8.78 Å². The van der Waals surface area contributed by atoms with E-state index in [9.17, 15) is 8.78 Å². The van der Waals surface area contributed by atoms with Crippen LogP contribution in [0.15, 0.2) is 42.7 Å². The predicted molar refractivity (Wildman–Crippen MR) is 94.9 cm³/mol. The molecule has 4 heterocycles. The van der Waals surface area contributed by atoms with Crippen molar-refractivity contribution >= 4 is 22.4 Å². The van der Waals surface area contributed by atoms with Crippen LogP contribution >= 0.6 is 0 Å². The number of hydrogen-bond acceptors (Lipinski definition) is 4. The quantitative estimate of drug-likeness (QED) is 0.593. The first-order valence-corrected chi connectivity index (χ1v) is 8.29. The lowest BCUT2D eigenvalue weighted by atomic mass is 10.1. The highest BCUT2D eigenvalue weighted by Crippen LogP contribution is 2.30. The Kier molecular flexibility index (Phi) is 3.08. The van der Waals surface area contributed by atoms with Gasteiger partial charge >= 0.3 is 0 Å². The van der Waals surface area contributed by atoms with E-state index in [-0.39, 0.29) is 13.1 Å². The van der Waals surface area contributed by atoms with Gasteiger partial charge in [0.05, 0.1) is 35.3 Å². The summed E-state index contributed by atoms with van der Waals surface area (Å²) < 4.78 is 28.1. The van der Waals surface area contributed by atoms with Crippen LogP contribution in [0.1, 0.15) is 5.56 Å². The second-order valence-electron chi connectivity index (χ2n) is 6.78. The molecule has 4 aromatic rings. The van der Waals surface area contributed by atoms with E-state index >= 15 is 0 Å². The zero-order valence-corrected chi connectivity index (χ0v) is 13.8. The molecule has 0 spiro atoms. The van der Waals surface area contributed by atoms with E-state index in [1.54, 1.807) is 11.1 Å². The summed E-state index contributed by atoms with van der Waals surface area (Å²) in [4.78, 5) is 6.23. The molecule has 0 aliphatic carbocycles. The average Bonchev–Trinajstić information content (AvgIpc) is 3.22. The Labute approximate surface area is 147 Å². The van der Waals surface area contributed by atoms with Gasteiger partial charge in [-0.25, -0.2) is 13.8 Å². The second-order valence-corrected chi connectivity index (χ2v) is 6.78. The zero-order valence-electron chi connectivity index (χ0n) is 13.8. The Morgan fingerprint density at radius 3 is 2.73 bits per heavy atom. The largest absolute Gasteiger partial charge is 0.382 e. The van der Waals surface area contributed by atoms with Crippen LogP contribution in [0.3, 0.4) is 0 Å². The summed E-state index contributed by atoms with van der Waals surface area (Å²) in [5, 5.41) is 6.90. The van der Waals surface area contributed by atoms with E-state index < -0.39 is 5.92 Å². The lowest BCUT2D eigenvalue weighted by Crippen LogP contribution is -2.55. The molecular formula is C18H16F2N6. The first-order chi connectivity index (χ1) is 12.5. The van der Waals surface area contributed by atoms with Crippen molar-refractivity contribution in [2.45, 2.75) is 12.5 Å². The summed E-state index contributed by atoms with van der Waals surface area (Å²) in [5.41, 5.74) is 11.4. The van der Waals surface area contributed by atoms with E-state index in [4.69, 9.17) is 5.73 Å². The molecular weight excluding hydrogens is 338 g/mol. The molecule has 26 heavy (non-hydrogen) atoms. The van der Waals surface area contributed by atoms with Crippen molar-refractivity contribution in [3.8, 4) is 11.3 Å². The first-order valence-electron chi connectivity index (χ1n) is 8.29. The highest BCUT2D eigenvalue weighted by Gasteiger charge is 2.43. The van der Waals surface area contributed by atoms with Gasteiger partial charge in [-0.1, -0.05) is 6.07 Å². The van der Waals surface area contributed by atoms with Crippen LogP contribution < -0.4 is 5.73 Å². The summed E-state index contributed by atoms with van der Waals surface area (Å²) in [5.74, 6) is -2.14. The number of H-pyrrole nitrogens is 1. The summed E-state index contributed by atoms with van der Waals surface area (Å²) in [6, 6.07) is 9.73. The number of rotatable bonds is 3. The second kappa shape index (κ2) is 5.25. The molecule has 8 heteroatoms. The number of benzene rings is 1. The fourth-order valence-electron chi connectivity index (χ4n) is 3.57. The third-order valence-corrected chi connectivity index (χ3v) is 4.74. The number of nitrogens with two attached hydrogens (primary N) is 1. The minimum absolute atomic E-state index is 0.193. The van der Waals surface area contributed by atoms with Crippen LogP contribution in [-0.4, -0.2) is 43.5 Å². The van der Waals surface area contributed by atoms with E-state index in [1.807, 2.05) is 40.9 Å². The summed E-state index contributed by atoms with van der Waals surface area (Å²) in [7, 11) is 0. The molecule has 1 aromatic carbocycles. The van der Waals surface area contributed by atoms with Gasteiger partial charge in [0.25, 0.3) is 5.92 Å². The normalized spacial score (nSPS) is 17.0. The highest BCUT2D eigenvalue weighted by atomic mass is 19.3. The zero-order chi connectivity index (χ0) is 17.9. The van der Waals surface area contributed by atoms with Crippen LogP contribution in [0.25, 0.3) is 27.8 Å². The Balaban J connectivity index is 1.56. The van der Waals surface area contributed by atoms with Gasteiger partial charge in [-0.2, -0.15) is 5.10 Å². The summed E-state index contributed by atoms with van der Waals surface area (Å²) in [6.45, 7) is 0.0901. The molecule has 1 aliphatic rings. The standard InChI is InChI=1S/C18H16F2N6/c19-18(20)9-25(10-18)7-11-5-16-17(21)23-14-6-12(13-3-4-22-24-13)1-2-15(14)26(16)8-11/h1-6,8H,7,9-10H2,(H2,21,23)(H,22,24). The molecule has 5 rings (SSSR count). The molecule has 3 aromatic heterocycles. The first kappa shape index (κ1) is 15.3. The number of halogens is 2. The van der Waals surface area contributed by atoms with Gasteiger partial charge in [-0.05, 0) is 29.8 Å². The molecule has 0 unspecified atom stereocenters. The topological polar surface area (TPSA) is 75.2 Å². The SMILES string of the molecule is Nc1nc2cc(-c3ccn[nH]3)ccc2n2cc(CN3CC(F)(F)C3)cc12. The van der Waals surface area contributed by atoms with E-state index in [0.29, 0.717) is 12.4 Å². The van der Waals surface area contributed by atoms with Gasteiger partial charge in [0.1, 0.15) is 5.82 Å². The number of hydrogen-bond donors (Lipinski definition) is 2. The number of likely N-dealkylation sites (tertiary alicyclic amines) is 1. The number of nitrogens with zero attached hydrogens (tertiary/aromatic N) is 4. The monoisotopic (exact) mass is 354 g/mol. The van der Waals surface area contributed by atoms with Crippen molar-refractivity contribution in [3.05, 3.63) is 48.3 Å². The maximum absolute atomic E-state index is 13.0. The molecule has 1 fully saturated rings. The van der Waals surface area contributed by atoms with Crippen molar-refractivity contribution in [2.24, 2.45) is 0 Å². The fourth-order valence-corrected chi connectivity index (χ4v) is 3.57. The fraction of sp³-hybridized carbons (Fsp3) is 0.222. The summed E-state index contributed by atoms with van der Waals surface area (Å²) >= 11 is 0.